The van der Waals surface area contributed by atoms with Gasteiger partial charge in [-0.25, -0.2) is 0 Å². The predicted molar refractivity (Wildman–Crippen MR) is 97.5 cm³/mol. The molecule has 0 aromatic heterocycles. The number of piperazine rings is 1. The lowest BCUT2D eigenvalue weighted by Gasteiger charge is -2.46. The summed E-state index contributed by atoms with van der Waals surface area (Å²) >= 11 is 0. The zero-order valence-corrected chi connectivity index (χ0v) is 15.7. The molecule has 130 valence electrons. The summed E-state index contributed by atoms with van der Waals surface area (Å²) in [7, 11) is 2.32. The SMILES string of the molecule is CCCCCCCC(C)(CCCCC)N1CC2C[C@H]1CN2C. The lowest BCUT2D eigenvalue weighted by molar-refractivity contribution is 0.0296. The molecule has 2 nitrogen and oxygen atoms in total. The average Bonchev–Trinajstić information content (AvgIpc) is 3.07. The molecule has 2 rings (SSSR count). The third kappa shape index (κ3) is 4.47. The highest BCUT2D eigenvalue weighted by atomic mass is 15.4. The quantitative estimate of drug-likeness (QED) is 0.491. The highest BCUT2D eigenvalue weighted by Crippen LogP contribution is 2.39. The summed E-state index contributed by atoms with van der Waals surface area (Å²) in [6, 6.07) is 1.69. The van der Waals surface area contributed by atoms with E-state index in [-0.39, 0.29) is 0 Å². The summed E-state index contributed by atoms with van der Waals surface area (Å²) in [5.41, 5.74) is 0.474. The monoisotopic (exact) mass is 308 g/mol. The molecule has 2 heteroatoms. The minimum Gasteiger partial charge on any atom is -0.301 e. The Labute approximate surface area is 139 Å². The fourth-order valence-electron chi connectivity index (χ4n) is 4.80. The van der Waals surface area contributed by atoms with Crippen LogP contribution in [-0.4, -0.2) is 47.6 Å². The van der Waals surface area contributed by atoms with Gasteiger partial charge in [0.2, 0.25) is 0 Å². The van der Waals surface area contributed by atoms with Gasteiger partial charge in [-0.05, 0) is 33.2 Å². The maximum Gasteiger partial charge on any atom is 0.0244 e. The Morgan fingerprint density at radius 3 is 1.95 bits per heavy atom. The number of fused-ring (bicyclic) bond motifs is 2. The van der Waals surface area contributed by atoms with Crippen molar-refractivity contribution in [1.82, 2.24) is 9.80 Å². The highest BCUT2D eigenvalue weighted by Gasteiger charge is 2.47. The van der Waals surface area contributed by atoms with E-state index in [1.165, 1.54) is 83.7 Å². The molecule has 0 aliphatic carbocycles. The molecule has 0 aromatic rings. The highest BCUT2D eigenvalue weighted by molar-refractivity contribution is 5.04. The fraction of sp³-hybridized carbons (Fsp3) is 1.00. The molecule has 0 amide bonds. The van der Waals surface area contributed by atoms with E-state index in [4.69, 9.17) is 0 Å². The van der Waals surface area contributed by atoms with Crippen LogP contribution in [0.15, 0.2) is 0 Å². The van der Waals surface area contributed by atoms with Gasteiger partial charge in [-0.2, -0.15) is 0 Å². The molecule has 2 aliphatic heterocycles. The second kappa shape index (κ2) is 8.68. The molecular formula is C20H40N2. The van der Waals surface area contributed by atoms with Gasteiger partial charge in [0.15, 0.2) is 0 Å². The van der Waals surface area contributed by atoms with Crippen LogP contribution < -0.4 is 0 Å². The third-order valence-electron chi connectivity index (χ3n) is 6.35. The first kappa shape index (κ1) is 18.3. The molecule has 0 N–H and O–H groups in total. The summed E-state index contributed by atoms with van der Waals surface area (Å²) < 4.78 is 0. The molecule has 0 spiro atoms. The number of hydrogen-bond donors (Lipinski definition) is 0. The summed E-state index contributed by atoms with van der Waals surface area (Å²) in [4.78, 5) is 5.52. The first-order valence-electron chi connectivity index (χ1n) is 10.1. The van der Waals surface area contributed by atoms with Gasteiger partial charge in [0.1, 0.15) is 0 Å². The lowest BCUT2D eigenvalue weighted by atomic mass is 9.85. The zero-order valence-electron chi connectivity index (χ0n) is 15.7. The van der Waals surface area contributed by atoms with Crippen molar-refractivity contribution >= 4 is 0 Å². The molecule has 2 saturated heterocycles. The average molecular weight is 309 g/mol. The van der Waals surface area contributed by atoms with E-state index in [1.807, 2.05) is 0 Å². The van der Waals surface area contributed by atoms with E-state index in [1.54, 1.807) is 0 Å². The van der Waals surface area contributed by atoms with E-state index in [2.05, 4.69) is 37.6 Å². The molecule has 3 atom stereocenters. The molecule has 2 bridgehead atoms. The van der Waals surface area contributed by atoms with E-state index in [0.29, 0.717) is 5.54 Å². The van der Waals surface area contributed by atoms with Crippen molar-refractivity contribution in [2.45, 2.75) is 109 Å². The van der Waals surface area contributed by atoms with Gasteiger partial charge in [-0.3, -0.25) is 4.90 Å². The number of likely N-dealkylation sites (tertiary alicyclic amines) is 2. The third-order valence-corrected chi connectivity index (χ3v) is 6.35. The number of hydrogen-bond acceptors (Lipinski definition) is 2. The van der Waals surface area contributed by atoms with Gasteiger partial charge < -0.3 is 4.90 Å². The Morgan fingerprint density at radius 1 is 0.818 bits per heavy atom. The van der Waals surface area contributed by atoms with Crippen molar-refractivity contribution in [3.63, 3.8) is 0 Å². The molecule has 2 unspecified atom stereocenters. The van der Waals surface area contributed by atoms with Crippen LogP contribution in [0, 0.1) is 0 Å². The smallest absolute Gasteiger partial charge is 0.0244 e. The van der Waals surface area contributed by atoms with Crippen molar-refractivity contribution in [1.29, 1.82) is 0 Å². The molecule has 2 heterocycles. The maximum absolute atomic E-state index is 2.92. The van der Waals surface area contributed by atoms with Crippen LogP contribution >= 0.6 is 0 Å². The first-order valence-corrected chi connectivity index (χ1v) is 10.1. The second-order valence-electron chi connectivity index (χ2n) is 8.25. The minimum absolute atomic E-state index is 0.474. The summed E-state index contributed by atoms with van der Waals surface area (Å²) in [6.45, 7) is 9.87. The molecule has 2 fully saturated rings. The van der Waals surface area contributed by atoms with Crippen LogP contribution in [0.1, 0.15) is 91.4 Å². The normalized spacial score (nSPS) is 28.4. The Morgan fingerprint density at radius 2 is 1.41 bits per heavy atom. The predicted octanol–water partition coefficient (Wildman–Crippen LogP) is 5.07. The van der Waals surface area contributed by atoms with Crippen LogP contribution in [0.4, 0.5) is 0 Å². The zero-order chi connectivity index (χ0) is 16.0. The van der Waals surface area contributed by atoms with Gasteiger partial charge >= 0.3 is 0 Å². The number of nitrogens with zero attached hydrogens (tertiary/aromatic N) is 2. The fourth-order valence-corrected chi connectivity index (χ4v) is 4.80. The van der Waals surface area contributed by atoms with Crippen molar-refractivity contribution in [3.8, 4) is 0 Å². The molecule has 0 aromatic carbocycles. The van der Waals surface area contributed by atoms with Crippen LogP contribution in [0.5, 0.6) is 0 Å². The molecule has 2 aliphatic rings. The van der Waals surface area contributed by atoms with Gasteiger partial charge in [-0.15, -0.1) is 0 Å². The number of likely N-dealkylation sites (N-methyl/N-ethyl adjacent to an activating group) is 1. The standard InChI is InChI=1S/C20H40N2/c1-5-7-9-10-12-14-20(3,13-11-8-6-2)22-17-18-15-19(22)16-21(18)4/h18-19H,5-17H2,1-4H3/t18?,19-,20?/m0/s1. The Hall–Kier alpha value is -0.0800. The molecule has 0 saturated carbocycles. The van der Waals surface area contributed by atoms with Crippen LogP contribution in [0.3, 0.4) is 0 Å². The topological polar surface area (TPSA) is 6.48 Å². The van der Waals surface area contributed by atoms with Crippen molar-refractivity contribution < 1.29 is 0 Å². The summed E-state index contributed by atoms with van der Waals surface area (Å²) in [5, 5.41) is 0. The van der Waals surface area contributed by atoms with Gasteiger partial charge in [0.05, 0.1) is 0 Å². The second-order valence-corrected chi connectivity index (χ2v) is 8.25. The Kier molecular flexibility index (Phi) is 7.21. The minimum atomic E-state index is 0.474. The molecule has 0 radical (unpaired) electrons. The van der Waals surface area contributed by atoms with E-state index < -0.39 is 0 Å². The van der Waals surface area contributed by atoms with Gasteiger partial charge in [0.25, 0.3) is 0 Å². The summed E-state index contributed by atoms with van der Waals surface area (Å²) in [5.74, 6) is 0. The van der Waals surface area contributed by atoms with Crippen LogP contribution in [-0.2, 0) is 0 Å². The lowest BCUT2D eigenvalue weighted by Crippen LogP contribution is -2.55. The van der Waals surface area contributed by atoms with Gasteiger partial charge in [-0.1, -0.05) is 65.2 Å². The number of rotatable bonds is 11. The van der Waals surface area contributed by atoms with Crippen LogP contribution in [0.25, 0.3) is 0 Å². The first-order chi connectivity index (χ1) is 10.6. The van der Waals surface area contributed by atoms with E-state index in [9.17, 15) is 0 Å². The van der Waals surface area contributed by atoms with Crippen molar-refractivity contribution in [3.05, 3.63) is 0 Å². The largest absolute Gasteiger partial charge is 0.301 e. The van der Waals surface area contributed by atoms with Crippen molar-refractivity contribution in [2.24, 2.45) is 0 Å². The molecule has 22 heavy (non-hydrogen) atoms. The Balaban J connectivity index is 1.87. The number of unbranched alkanes of at least 4 members (excludes halogenated alkanes) is 6. The van der Waals surface area contributed by atoms with Gasteiger partial charge in [0, 0.05) is 30.7 Å². The van der Waals surface area contributed by atoms with E-state index >= 15 is 0 Å². The van der Waals surface area contributed by atoms with E-state index in [0.717, 1.165) is 12.1 Å². The van der Waals surface area contributed by atoms with Crippen molar-refractivity contribution in [2.75, 3.05) is 20.1 Å². The summed E-state index contributed by atoms with van der Waals surface area (Å²) in [6.07, 6.45) is 15.6. The maximum atomic E-state index is 2.92. The molecular weight excluding hydrogens is 268 g/mol. The van der Waals surface area contributed by atoms with Crippen LogP contribution in [0.2, 0.25) is 0 Å². The Bertz CT molecular complexity index is 315.